The van der Waals surface area contributed by atoms with Gasteiger partial charge in [0.1, 0.15) is 0 Å². The highest BCUT2D eigenvalue weighted by molar-refractivity contribution is 8.00. The van der Waals surface area contributed by atoms with Crippen molar-refractivity contribution >= 4 is 11.8 Å². The van der Waals surface area contributed by atoms with Gasteiger partial charge in [-0.05, 0) is 24.0 Å². The van der Waals surface area contributed by atoms with Crippen LogP contribution in [0.3, 0.4) is 0 Å². The molecule has 0 amide bonds. The van der Waals surface area contributed by atoms with Crippen molar-refractivity contribution in [2.75, 3.05) is 12.4 Å². The van der Waals surface area contributed by atoms with E-state index in [4.69, 9.17) is 5.11 Å². The zero-order chi connectivity index (χ0) is 5.56. The monoisotopic (exact) mass is 130 g/mol. The molecule has 8 heavy (non-hydrogen) atoms. The molecular weight excluding hydrogens is 120 g/mol. The van der Waals surface area contributed by atoms with Crippen LogP contribution < -0.4 is 0 Å². The third-order valence-electron chi connectivity index (χ3n) is 2.23. The summed E-state index contributed by atoms with van der Waals surface area (Å²) >= 11 is 2.04. The molecule has 0 unspecified atom stereocenters. The van der Waals surface area contributed by atoms with Gasteiger partial charge in [-0.15, -0.1) is 0 Å². The Morgan fingerprint density at radius 2 is 2.50 bits per heavy atom. The Hall–Kier alpha value is 0.310. The molecule has 2 aliphatic rings. The molecule has 1 N–H and O–H groups in total. The minimum Gasteiger partial charge on any atom is -0.396 e. The maximum absolute atomic E-state index is 8.70. The van der Waals surface area contributed by atoms with Crippen LogP contribution in [0.5, 0.6) is 0 Å². The fraction of sp³-hybridized carbons (Fsp3) is 1.00. The number of hydrogen-bond acceptors (Lipinski definition) is 2. The van der Waals surface area contributed by atoms with Gasteiger partial charge in [0.2, 0.25) is 0 Å². The normalized spacial score (nSPS) is 51.4. The Bertz CT molecular complexity index is 87.9. The van der Waals surface area contributed by atoms with Gasteiger partial charge < -0.3 is 5.11 Å². The Balaban J connectivity index is 1.94. The lowest BCUT2D eigenvalue weighted by molar-refractivity contribution is 0.268. The van der Waals surface area contributed by atoms with Crippen molar-refractivity contribution in [3.8, 4) is 0 Å². The van der Waals surface area contributed by atoms with Crippen molar-refractivity contribution < 1.29 is 5.11 Å². The number of thioether (sulfide) groups is 1. The van der Waals surface area contributed by atoms with Crippen LogP contribution in [0.4, 0.5) is 0 Å². The summed E-state index contributed by atoms with van der Waals surface area (Å²) in [6.45, 7) is 0.433. The van der Waals surface area contributed by atoms with Crippen molar-refractivity contribution in [3.05, 3.63) is 0 Å². The number of aliphatic hydroxyl groups excluding tert-OH is 1. The first-order valence-corrected chi connectivity index (χ1v) is 4.21. The van der Waals surface area contributed by atoms with Crippen LogP contribution in [0.25, 0.3) is 0 Å². The predicted octanol–water partition coefficient (Wildman–Crippen LogP) is 0.730. The number of fused-ring (bicyclic) bond motifs is 1. The van der Waals surface area contributed by atoms with E-state index in [1.54, 1.807) is 0 Å². The fourth-order valence-corrected chi connectivity index (χ4v) is 3.32. The fourth-order valence-electron chi connectivity index (χ4n) is 1.61. The van der Waals surface area contributed by atoms with Crippen LogP contribution in [-0.2, 0) is 0 Å². The smallest absolute Gasteiger partial charge is 0.0473 e. The van der Waals surface area contributed by atoms with Crippen LogP contribution >= 0.6 is 11.8 Å². The highest BCUT2D eigenvalue weighted by Gasteiger charge is 2.52. The Kier molecular flexibility index (Phi) is 1.05. The lowest BCUT2D eigenvalue weighted by Gasteiger charge is -1.94. The van der Waals surface area contributed by atoms with Gasteiger partial charge in [-0.3, -0.25) is 0 Å². The highest BCUT2D eigenvalue weighted by atomic mass is 32.2. The van der Waals surface area contributed by atoms with Crippen molar-refractivity contribution in [2.45, 2.75) is 11.7 Å². The largest absolute Gasteiger partial charge is 0.396 e. The van der Waals surface area contributed by atoms with Gasteiger partial charge >= 0.3 is 0 Å². The van der Waals surface area contributed by atoms with Crippen LogP contribution in [0.15, 0.2) is 0 Å². The van der Waals surface area contributed by atoms with Gasteiger partial charge in [-0.25, -0.2) is 0 Å². The molecule has 0 aromatic carbocycles. The second kappa shape index (κ2) is 1.64. The van der Waals surface area contributed by atoms with E-state index in [0.717, 1.165) is 11.2 Å². The summed E-state index contributed by atoms with van der Waals surface area (Å²) in [5.74, 6) is 2.94. The van der Waals surface area contributed by atoms with Gasteiger partial charge in [-0.1, -0.05) is 0 Å². The molecule has 0 spiro atoms. The van der Waals surface area contributed by atoms with Gasteiger partial charge in [0, 0.05) is 11.9 Å². The van der Waals surface area contributed by atoms with E-state index in [1.165, 1.54) is 12.2 Å². The van der Waals surface area contributed by atoms with E-state index in [1.807, 2.05) is 11.8 Å². The third kappa shape index (κ3) is 0.531. The average molecular weight is 130 g/mol. The van der Waals surface area contributed by atoms with Crippen molar-refractivity contribution in [3.63, 3.8) is 0 Å². The number of aliphatic hydroxyl groups is 1. The summed E-state index contributed by atoms with van der Waals surface area (Å²) in [5, 5.41) is 9.56. The highest BCUT2D eigenvalue weighted by Crippen LogP contribution is 2.55. The molecule has 2 heteroatoms. The standard InChI is InChI=1S/C6H10OS/c7-3-5-4-1-2-8-6(4)5/h4-7H,1-3H2/t4-,5-,6-/m1/s1. The van der Waals surface area contributed by atoms with Gasteiger partial charge in [0.15, 0.2) is 0 Å². The minimum atomic E-state index is 0.433. The molecule has 1 saturated carbocycles. The zero-order valence-corrected chi connectivity index (χ0v) is 5.53. The molecule has 1 heterocycles. The van der Waals surface area contributed by atoms with Gasteiger partial charge in [0.05, 0.1) is 0 Å². The van der Waals surface area contributed by atoms with Gasteiger partial charge in [0.25, 0.3) is 0 Å². The number of rotatable bonds is 1. The van der Waals surface area contributed by atoms with Crippen LogP contribution in [0.2, 0.25) is 0 Å². The Labute approximate surface area is 53.5 Å². The molecule has 2 rings (SSSR count). The predicted molar refractivity (Wildman–Crippen MR) is 34.9 cm³/mol. The van der Waals surface area contributed by atoms with E-state index in [9.17, 15) is 0 Å². The Morgan fingerprint density at radius 3 is 2.88 bits per heavy atom. The maximum Gasteiger partial charge on any atom is 0.0473 e. The van der Waals surface area contributed by atoms with Crippen molar-refractivity contribution in [2.24, 2.45) is 11.8 Å². The molecule has 0 aromatic rings. The second-order valence-electron chi connectivity index (χ2n) is 2.63. The van der Waals surface area contributed by atoms with Crippen molar-refractivity contribution in [1.82, 2.24) is 0 Å². The summed E-state index contributed by atoms with van der Waals surface area (Å²) in [5.41, 5.74) is 0. The lowest BCUT2D eigenvalue weighted by Crippen LogP contribution is -1.93. The molecule has 0 aromatic heterocycles. The molecule has 1 aliphatic carbocycles. The molecule has 46 valence electrons. The first kappa shape index (κ1) is 5.12. The molecule has 1 saturated heterocycles. The maximum atomic E-state index is 8.70. The quantitative estimate of drug-likeness (QED) is 0.564. The van der Waals surface area contributed by atoms with E-state index >= 15 is 0 Å². The van der Waals surface area contributed by atoms with Crippen molar-refractivity contribution in [1.29, 1.82) is 0 Å². The molecule has 3 atom stereocenters. The van der Waals surface area contributed by atoms with E-state index in [2.05, 4.69) is 0 Å². The molecule has 2 fully saturated rings. The summed E-state index contributed by atoms with van der Waals surface area (Å²) in [6.07, 6.45) is 1.36. The average Bonchev–Trinajstić information content (AvgIpc) is 2.22. The summed E-state index contributed by atoms with van der Waals surface area (Å²) in [7, 11) is 0. The Morgan fingerprint density at radius 1 is 1.62 bits per heavy atom. The van der Waals surface area contributed by atoms with Crippen LogP contribution in [-0.4, -0.2) is 22.7 Å². The third-order valence-corrected chi connectivity index (χ3v) is 3.78. The minimum absolute atomic E-state index is 0.433. The van der Waals surface area contributed by atoms with Crippen LogP contribution in [0, 0.1) is 11.8 Å². The molecule has 0 radical (unpaired) electrons. The summed E-state index contributed by atoms with van der Waals surface area (Å²) in [4.78, 5) is 0. The molecule has 1 nitrogen and oxygen atoms in total. The summed E-state index contributed by atoms with van der Waals surface area (Å²) in [6, 6.07) is 0. The van der Waals surface area contributed by atoms with E-state index in [-0.39, 0.29) is 0 Å². The van der Waals surface area contributed by atoms with Crippen LogP contribution in [0.1, 0.15) is 6.42 Å². The SMILES string of the molecule is OC[C@@H]1[C@H]2CCS[C@@H]12. The van der Waals surface area contributed by atoms with Gasteiger partial charge in [-0.2, -0.15) is 11.8 Å². The first-order valence-electron chi connectivity index (χ1n) is 3.16. The van der Waals surface area contributed by atoms with E-state index in [0.29, 0.717) is 12.5 Å². The molecule has 0 bridgehead atoms. The zero-order valence-electron chi connectivity index (χ0n) is 4.71. The number of hydrogen-bond donors (Lipinski definition) is 1. The second-order valence-corrected chi connectivity index (χ2v) is 3.92. The summed E-state index contributed by atoms with van der Waals surface area (Å²) < 4.78 is 0. The molecular formula is C6H10OS. The lowest BCUT2D eigenvalue weighted by atomic mass is 10.3. The van der Waals surface area contributed by atoms with E-state index < -0.39 is 0 Å². The topological polar surface area (TPSA) is 20.2 Å². The first-order chi connectivity index (χ1) is 3.93. The molecule has 1 aliphatic heterocycles.